The molecule has 1 aromatic carbocycles. The summed E-state index contributed by atoms with van der Waals surface area (Å²) in [6.07, 6.45) is 1.36. The zero-order valence-electron chi connectivity index (χ0n) is 13.0. The molecule has 122 valence electrons. The van der Waals surface area contributed by atoms with E-state index in [-0.39, 0.29) is 18.1 Å². The Morgan fingerprint density at radius 2 is 2.16 bits per heavy atom. The molecule has 2 aromatic heterocycles. The molecule has 0 aliphatic carbocycles. The highest BCUT2D eigenvalue weighted by Gasteiger charge is 2.17. The maximum Gasteiger partial charge on any atom is 0.357 e. The van der Waals surface area contributed by atoms with E-state index in [0.717, 1.165) is 0 Å². The monoisotopic (exact) mass is 334 g/mol. The van der Waals surface area contributed by atoms with E-state index in [1.807, 2.05) is 0 Å². The number of imidazole rings is 1. The lowest BCUT2D eigenvalue weighted by Gasteiger charge is -2.05. The second-order valence-electron chi connectivity index (χ2n) is 4.75. The summed E-state index contributed by atoms with van der Waals surface area (Å²) < 4.78 is 6.52. The molecule has 0 N–H and O–H groups in total. The summed E-state index contributed by atoms with van der Waals surface area (Å²) in [7, 11) is 0. The highest BCUT2D eigenvalue weighted by molar-refractivity contribution is 5.91. The third kappa shape index (κ3) is 2.96. The Morgan fingerprint density at radius 3 is 2.88 bits per heavy atom. The van der Waals surface area contributed by atoms with Crippen LogP contribution in [0.5, 0.6) is 0 Å². The highest BCUT2D eigenvalue weighted by atomic mass is 16.5. The van der Waals surface area contributed by atoms with Gasteiger partial charge in [0.2, 0.25) is 6.04 Å². The number of hydrogen-bond donors (Lipinski definition) is 0. The van der Waals surface area contributed by atoms with Gasteiger partial charge < -0.3 is 4.74 Å². The van der Waals surface area contributed by atoms with Crippen LogP contribution in [-0.4, -0.2) is 38.2 Å². The van der Waals surface area contributed by atoms with Crippen molar-refractivity contribution < 1.29 is 9.53 Å². The Labute approximate surface area is 141 Å². The average Bonchev–Trinajstić information content (AvgIpc) is 3.07. The fourth-order valence-electron chi connectivity index (χ4n) is 2.14. The number of fused-ring (bicyclic) bond motifs is 3. The molecule has 3 aromatic rings. The van der Waals surface area contributed by atoms with Crippen molar-refractivity contribution in [3.05, 3.63) is 30.1 Å². The summed E-state index contributed by atoms with van der Waals surface area (Å²) in [6, 6.07) is 7.08. The summed E-state index contributed by atoms with van der Waals surface area (Å²) in [6.45, 7) is 1.93. The molecule has 25 heavy (non-hydrogen) atoms. The van der Waals surface area contributed by atoms with Gasteiger partial charge in [-0.1, -0.05) is 0 Å². The largest absolute Gasteiger partial charge is 0.461 e. The van der Waals surface area contributed by atoms with Gasteiger partial charge in [0, 0.05) is 0 Å². The minimum atomic E-state index is -1.19. The van der Waals surface area contributed by atoms with Gasteiger partial charge in [0.05, 0.1) is 24.0 Å². The van der Waals surface area contributed by atoms with E-state index in [9.17, 15) is 4.79 Å². The van der Waals surface area contributed by atoms with Crippen LogP contribution in [0, 0.1) is 22.7 Å². The lowest BCUT2D eigenvalue weighted by atomic mass is 10.2. The van der Waals surface area contributed by atoms with Gasteiger partial charge in [-0.25, -0.2) is 9.78 Å². The topological polar surface area (TPSA) is 142 Å². The molecule has 0 amide bonds. The number of nitriles is 2. The van der Waals surface area contributed by atoms with Crippen molar-refractivity contribution in [3.8, 4) is 12.1 Å². The van der Waals surface area contributed by atoms with Gasteiger partial charge in [0.1, 0.15) is 17.7 Å². The molecular formula is C15H10N8O2. The van der Waals surface area contributed by atoms with Crippen molar-refractivity contribution in [2.45, 2.75) is 13.0 Å². The van der Waals surface area contributed by atoms with E-state index < -0.39 is 12.0 Å². The quantitative estimate of drug-likeness (QED) is 0.524. The normalized spacial score (nSPS) is 11.0. The number of carbonyl (C=O) groups is 1. The SMILES string of the molecule is CCOC(=O)c1cnc2nnc3ccc(N=NC(C#N)C#N)cc3n12. The first-order valence-corrected chi connectivity index (χ1v) is 7.19. The van der Waals surface area contributed by atoms with Crippen LogP contribution in [0.1, 0.15) is 17.4 Å². The fraction of sp³-hybridized carbons (Fsp3) is 0.200. The van der Waals surface area contributed by atoms with Gasteiger partial charge in [0.15, 0.2) is 5.69 Å². The van der Waals surface area contributed by atoms with E-state index in [1.54, 1.807) is 37.3 Å². The minimum absolute atomic E-state index is 0.206. The van der Waals surface area contributed by atoms with Crippen LogP contribution in [0.2, 0.25) is 0 Å². The van der Waals surface area contributed by atoms with E-state index in [4.69, 9.17) is 15.3 Å². The number of nitrogens with zero attached hydrogens (tertiary/aromatic N) is 8. The first-order chi connectivity index (χ1) is 12.2. The van der Waals surface area contributed by atoms with Crippen molar-refractivity contribution >= 4 is 28.5 Å². The highest BCUT2D eigenvalue weighted by Crippen LogP contribution is 2.22. The molecule has 0 saturated carbocycles. The van der Waals surface area contributed by atoms with E-state index in [1.165, 1.54) is 10.6 Å². The molecular weight excluding hydrogens is 324 g/mol. The number of hydrogen-bond acceptors (Lipinski definition) is 9. The molecule has 10 nitrogen and oxygen atoms in total. The van der Waals surface area contributed by atoms with Crippen molar-refractivity contribution in [1.82, 2.24) is 19.6 Å². The van der Waals surface area contributed by atoms with Crippen LogP contribution >= 0.6 is 0 Å². The number of carbonyl (C=O) groups excluding carboxylic acids is 1. The number of benzene rings is 1. The summed E-state index contributed by atoms with van der Waals surface area (Å²) >= 11 is 0. The zero-order chi connectivity index (χ0) is 17.8. The van der Waals surface area contributed by atoms with Gasteiger partial charge in [-0.15, -0.1) is 10.2 Å². The Kier molecular flexibility index (Phi) is 4.26. The summed E-state index contributed by atoms with van der Waals surface area (Å²) in [5.74, 6) is -0.304. The lowest BCUT2D eigenvalue weighted by Crippen LogP contribution is -2.09. The molecule has 0 fully saturated rings. The predicted molar refractivity (Wildman–Crippen MR) is 83.8 cm³/mol. The Balaban J connectivity index is 2.16. The van der Waals surface area contributed by atoms with Crippen LogP contribution < -0.4 is 0 Å². The van der Waals surface area contributed by atoms with Crippen LogP contribution in [0.15, 0.2) is 34.6 Å². The summed E-state index contributed by atoms with van der Waals surface area (Å²) in [5.41, 5.74) is 1.62. The Morgan fingerprint density at radius 1 is 1.36 bits per heavy atom. The third-order valence-electron chi connectivity index (χ3n) is 3.21. The van der Waals surface area contributed by atoms with Crippen LogP contribution in [-0.2, 0) is 4.74 Å². The van der Waals surface area contributed by atoms with Gasteiger partial charge in [-0.05, 0) is 25.1 Å². The maximum absolute atomic E-state index is 12.1. The molecule has 0 radical (unpaired) electrons. The molecule has 0 atom stereocenters. The van der Waals surface area contributed by atoms with E-state index in [2.05, 4.69) is 25.4 Å². The maximum atomic E-state index is 12.1. The molecule has 0 bridgehead atoms. The van der Waals surface area contributed by atoms with Gasteiger partial charge in [0.25, 0.3) is 5.78 Å². The number of azo groups is 1. The fourth-order valence-corrected chi connectivity index (χ4v) is 2.14. The van der Waals surface area contributed by atoms with Crippen molar-refractivity contribution in [1.29, 1.82) is 10.5 Å². The van der Waals surface area contributed by atoms with E-state index in [0.29, 0.717) is 16.7 Å². The smallest absolute Gasteiger partial charge is 0.357 e. The average molecular weight is 334 g/mol. The third-order valence-corrected chi connectivity index (χ3v) is 3.21. The van der Waals surface area contributed by atoms with E-state index >= 15 is 0 Å². The summed E-state index contributed by atoms with van der Waals surface area (Å²) in [5, 5.41) is 33.0. The van der Waals surface area contributed by atoms with Gasteiger partial charge >= 0.3 is 5.97 Å². The Hall–Kier alpha value is -3.92. The number of rotatable bonds is 4. The predicted octanol–water partition coefficient (Wildman–Crippen LogP) is 1.95. The molecule has 3 rings (SSSR count). The van der Waals surface area contributed by atoms with Crippen molar-refractivity contribution in [3.63, 3.8) is 0 Å². The van der Waals surface area contributed by atoms with Crippen LogP contribution in [0.4, 0.5) is 5.69 Å². The Bertz CT molecular complexity index is 1060. The van der Waals surface area contributed by atoms with Gasteiger partial charge in [-0.2, -0.15) is 20.8 Å². The zero-order valence-corrected chi connectivity index (χ0v) is 13.0. The lowest BCUT2D eigenvalue weighted by molar-refractivity contribution is 0.0518. The molecule has 0 aliphatic heterocycles. The van der Waals surface area contributed by atoms with Crippen molar-refractivity contribution in [2.24, 2.45) is 10.2 Å². The number of aromatic nitrogens is 4. The molecule has 0 spiro atoms. The molecule has 2 heterocycles. The van der Waals surface area contributed by atoms with Gasteiger partial charge in [-0.3, -0.25) is 4.40 Å². The second kappa shape index (κ2) is 6.68. The number of ether oxygens (including phenoxy) is 1. The number of esters is 1. The standard InChI is InChI=1S/C15H10N8O2/c1-2-25-14(24)13-8-18-15-22-21-11-4-3-9(5-12(11)23(13)15)19-20-10(6-16)7-17/h3-5,8,10H,2H2,1H3. The van der Waals surface area contributed by atoms with Crippen LogP contribution in [0.3, 0.4) is 0 Å². The first kappa shape index (κ1) is 16.0. The van der Waals surface area contributed by atoms with Crippen molar-refractivity contribution in [2.75, 3.05) is 6.61 Å². The van der Waals surface area contributed by atoms with Crippen LogP contribution in [0.25, 0.3) is 16.8 Å². The minimum Gasteiger partial charge on any atom is -0.461 e. The second-order valence-corrected chi connectivity index (χ2v) is 4.75. The molecule has 0 saturated heterocycles. The molecule has 10 heteroatoms. The molecule has 0 aliphatic rings. The first-order valence-electron chi connectivity index (χ1n) is 7.19. The summed E-state index contributed by atoms with van der Waals surface area (Å²) in [4.78, 5) is 16.1. The molecule has 0 unspecified atom stereocenters.